The van der Waals surface area contributed by atoms with E-state index in [0.29, 0.717) is 39.6 Å². The number of hydrogen-bond donors (Lipinski definition) is 1. The fraction of sp³-hybridized carbons (Fsp3) is 0.294. The Morgan fingerprint density at radius 2 is 2.28 bits per heavy atom. The lowest BCUT2D eigenvalue weighted by Gasteiger charge is -2.17. The molecule has 0 aliphatic heterocycles. The quantitative estimate of drug-likeness (QED) is 0.682. The summed E-state index contributed by atoms with van der Waals surface area (Å²) >= 11 is 6.34. The minimum atomic E-state index is -0.892. The van der Waals surface area contributed by atoms with Crippen LogP contribution in [0.4, 0.5) is 0 Å². The Morgan fingerprint density at radius 3 is 2.96 bits per heavy atom. The second kappa shape index (κ2) is 7.48. The molecule has 0 amide bonds. The van der Waals surface area contributed by atoms with Crippen molar-refractivity contribution in [3.05, 3.63) is 46.9 Å². The third-order valence-corrected chi connectivity index (χ3v) is 4.03. The van der Waals surface area contributed by atoms with Crippen molar-refractivity contribution in [1.29, 1.82) is 0 Å². The van der Waals surface area contributed by atoms with Gasteiger partial charge in [0.15, 0.2) is 5.58 Å². The molecule has 130 valence electrons. The minimum Gasteiger partial charge on any atom is -0.482 e. The molecule has 0 fully saturated rings. The van der Waals surface area contributed by atoms with Gasteiger partial charge in [-0.3, -0.25) is 4.79 Å². The predicted octanol–water partition coefficient (Wildman–Crippen LogP) is 3.82. The highest BCUT2D eigenvalue weighted by Crippen LogP contribution is 2.35. The summed E-state index contributed by atoms with van der Waals surface area (Å²) in [4.78, 5) is 10.7. The molecule has 2 aromatic heterocycles. The molecule has 8 heteroatoms. The number of ether oxygens (including phenoxy) is 1. The molecule has 0 saturated carbocycles. The van der Waals surface area contributed by atoms with Crippen LogP contribution in [0.5, 0.6) is 5.75 Å². The van der Waals surface area contributed by atoms with Crippen LogP contribution in [0, 0.1) is 0 Å². The van der Waals surface area contributed by atoms with E-state index >= 15 is 0 Å². The molecule has 1 unspecified atom stereocenters. The van der Waals surface area contributed by atoms with Gasteiger partial charge in [0.1, 0.15) is 17.5 Å². The van der Waals surface area contributed by atoms with Crippen molar-refractivity contribution in [2.24, 2.45) is 0 Å². The van der Waals surface area contributed by atoms with Crippen molar-refractivity contribution >= 4 is 28.5 Å². The fourth-order valence-electron chi connectivity index (χ4n) is 2.48. The van der Waals surface area contributed by atoms with E-state index in [2.05, 4.69) is 15.4 Å². The van der Waals surface area contributed by atoms with Gasteiger partial charge in [-0.1, -0.05) is 23.7 Å². The number of halogens is 1. The van der Waals surface area contributed by atoms with E-state index in [4.69, 9.17) is 26.0 Å². The summed E-state index contributed by atoms with van der Waals surface area (Å²) in [6.07, 6.45) is 2.24. The Kier molecular flexibility index (Phi) is 5.14. The number of aromatic nitrogens is 3. The number of benzene rings is 1. The van der Waals surface area contributed by atoms with Crippen LogP contribution in [0.2, 0.25) is 5.02 Å². The van der Waals surface area contributed by atoms with Gasteiger partial charge >= 0.3 is 5.97 Å². The third-order valence-electron chi connectivity index (χ3n) is 3.74. The van der Waals surface area contributed by atoms with Gasteiger partial charge in [0.05, 0.1) is 17.1 Å². The standard InChI is InChI=1S/C17H16ClN3O4/c1-2-14(13-4-3-7-19-20-13)24-16-9-15-10(8-11(16)18)12(21-25-15)5-6-17(22)23/h3-4,7-9,14H,2,5-6H2,1H3,(H,22,23). The maximum absolute atomic E-state index is 10.7. The van der Waals surface area contributed by atoms with Gasteiger partial charge in [0, 0.05) is 24.1 Å². The summed E-state index contributed by atoms with van der Waals surface area (Å²) in [6, 6.07) is 6.98. The first-order valence-corrected chi connectivity index (χ1v) is 8.20. The summed E-state index contributed by atoms with van der Waals surface area (Å²) in [5, 5.41) is 21.8. The number of carbonyl (C=O) groups is 1. The molecule has 0 radical (unpaired) electrons. The predicted molar refractivity (Wildman–Crippen MR) is 90.7 cm³/mol. The number of aliphatic carboxylic acids is 1. The first-order valence-electron chi connectivity index (χ1n) is 7.82. The highest BCUT2D eigenvalue weighted by molar-refractivity contribution is 6.32. The first-order chi connectivity index (χ1) is 12.1. The van der Waals surface area contributed by atoms with Crippen LogP contribution in [0.25, 0.3) is 11.0 Å². The molecule has 0 bridgehead atoms. The van der Waals surface area contributed by atoms with Gasteiger partial charge < -0.3 is 14.4 Å². The zero-order valence-corrected chi connectivity index (χ0v) is 14.2. The highest BCUT2D eigenvalue weighted by Gasteiger charge is 2.18. The number of hydrogen-bond acceptors (Lipinski definition) is 6. The zero-order valence-electron chi connectivity index (χ0n) is 13.5. The number of rotatable bonds is 7. The third kappa shape index (κ3) is 3.88. The summed E-state index contributed by atoms with van der Waals surface area (Å²) in [5.41, 5.74) is 1.77. The summed E-state index contributed by atoms with van der Waals surface area (Å²) in [7, 11) is 0. The Balaban J connectivity index is 1.87. The van der Waals surface area contributed by atoms with Crippen LogP contribution in [0.3, 0.4) is 0 Å². The van der Waals surface area contributed by atoms with E-state index in [-0.39, 0.29) is 18.9 Å². The van der Waals surface area contributed by atoms with Crippen molar-refractivity contribution in [2.75, 3.05) is 0 Å². The maximum Gasteiger partial charge on any atom is 0.303 e. The molecule has 0 aliphatic carbocycles. The van der Waals surface area contributed by atoms with Crippen LogP contribution in [-0.4, -0.2) is 26.4 Å². The fourth-order valence-corrected chi connectivity index (χ4v) is 2.68. The van der Waals surface area contributed by atoms with Crippen LogP contribution >= 0.6 is 11.6 Å². The molecule has 0 aliphatic rings. The number of fused-ring (bicyclic) bond motifs is 1. The van der Waals surface area contributed by atoms with Gasteiger partial charge in [0.2, 0.25) is 0 Å². The molecule has 0 spiro atoms. The lowest BCUT2D eigenvalue weighted by molar-refractivity contribution is -0.136. The van der Waals surface area contributed by atoms with E-state index in [1.165, 1.54) is 0 Å². The van der Waals surface area contributed by atoms with E-state index in [1.54, 1.807) is 24.4 Å². The number of carboxylic acid groups (broad SMARTS) is 1. The van der Waals surface area contributed by atoms with Gasteiger partial charge in [-0.05, 0) is 24.6 Å². The molecule has 3 rings (SSSR count). The lowest BCUT2D eigenvalue weighted by Crippen LogP contribution is -2.09. The minimum absolute atomic E-state index is 0.0257. The smallest absolute Gasteiger partial charge is 0.303 e. The summed E-state index contributed by atoms with van der Waals surface area (Å²) in [5.74, 6) is -0.440. The average Bonchev–Trinajstić information content (AvgIpc) is 3.00. The number of aryl methyl sites for hydroxylation is 1. The molecule has 3 aromatic rings. The Labute approximate surface area is 148 Å². The first kappa shape index (κ1) is 17.2. The van der Waals surface area contributed by atoms with Crippen molar-refractivity contribution < 1.29 is 19.2 Å². The maximum atomic E-state index is 10.7. The van der Waals surface area contributed by atoms with E-state index < -0.39 is 5.97 Å². The monoisotopic (exact) mass is 361 g/mol. The molecule has 1 aromatic carbocycles. The topological polar surface area (TPSA) is 98.3 Å². The Hall–Kier alpha value is -2.67. The Morgan fingerprint density at radius 1 is 1.44 bits per heavy atom. The molecule has 25 heavy (non-hydrogen) atoms. The lowest BCUT2D eigenvalue weighted by atomic mass is 10.1. The van der Waals surface area contributed by atoms with Gasteiger partial charge in [-0.2, -0.15) is 10.2 Å². The van der Waals surface area contributed by atoms with Crippen LogP contribution in [0.15, 0.2) is 35.0 Å². The van der Waals surface area contributed by atoms with Gasteiger partial charge in [0.25, 0.3) is 0 Å². The normalized spacial score (nSPS) is 12.2. The molecule has 2 heterocycles. The van der Waals surface area contributed by atoms with Crippen molar-refractivity contribution in [2.45, 2.75) is 32.3 Å². The second-order valence-corrected chi connectivity index (χ2v) is 5.87. The second-order valence-electron chi connectivity index (χ2n) is 5.47. The van der Waals surface area contributed by atoms with Crippen molar-refractivity contribution in [3.63, 3.8) is 0 Å². The van der Waals surface area contributed by atoms with Crippen molar-refractivity contribution in [3.8, 4) is 5.75 Å². The molecule has 1 atom stereocenters. The molecular weight excluding hydrogens is 346 g/mol. The molecular formula is C17H16ClN3O4. The summed E-state index contributed by atoms with van der Waals surface area (Å²) < 4.78 is 11.3. The van der Waals surface area contributed by atoms with Gasteiger partial charge in [-0.15, -0.1) is 0 Å². The molecule has 0 saturated heterocycles. The molecule has 7 nitrogen and oxygen atoms in total. The van der Waals surface area contributed by atoms with E-state index in [0.717, 1.165) is 0 Å². The zero-order chi connectivity index (χ0) is 17.8. The average molecular weight is 362 g/mol. The van der Waals surface area contributed by atoms with E-state index in [9.17, 15) is 4.79 Å². The number of nitrogens with zero attached hydrogens (tertiary/aromatic N) is 3. The largest absolute Gasteiger partial charge is 0.482 e. The SMILES string of the molecule is CCC(Oc1cc2onc(CCC(=O)O)c2cc1Cl)c1cccnn1. The van der Waals surface area contributed by atoms with Crippen molar-refractivity contribution in [1.82, 2.24) is 15.4 Å². The summed E-state index contributed by atoms with van der Waals surface area (Å²) in [6.45, 7) is 1.98. The van der Waals surface area contributed by atoms with Crippen LogP contribution < -0.4 is 4.74 Å². The van der Waals surface area contributed by atoms with Crippen LogP contribution in [0.1, 0.15) is 37.3 Å². The molecule has 1 N–H and O–H groups in total. The number of carboxylic acids is 1. The van der Waals surface area contributed by atoms with Gasteiger partial charge in [-0.25, -0.2) is 0 Å². The Bertz CT molecular complexity index is 882. The van der Waals surface area contributed by atoms with E-state index in [1.807, 2.05) is 13.0 Å². The van der Waals surface area contributed by atoms with Crippen LogP contribution in [-0.2, 0) is 11.2 Å². The highest BCUT2D eigenvalue weighted by atomic mass is 35.5.